The summed E-state index contributed by atoms with van der Waals surface area (Å²) in [5.74, 6) is -0.426. The van der Waals surface area contributed by atoms with Crippen LogP contribution in [0.2, 0.25) is 0 Å². The predicted molar refractivity (Wildman–Crippen MR) is 106 cm³/mol. The zero-order valence-corrected chi connectivity index (χ0v) is 16.0. The topological polar surface area (TPSA) is 69.7 Å². The third-order valence-corrected chi connectivity index (χ3v) is 5.54. The molecule has 0 aliphatic carbocycles. The number of aryl methyl sites for hydroxylation is 1. The van der Waals surface area contributed by atoms with Gasteiger partial charge in [0, 0.05) is 12.1 Å². The molecule has 0 saturated carbocycles. The molecule has 2 saturated heterocycles. The summed E-state index contributed by atoms with van der Waals surface area (Å²) in [4.78, 5) is 41.5. The Balaban J connectivity index is 1.69. The Kier molecular flexibility index (Phi) is 4.63. The second-order valence-corrected chi connectivity index (χ2v) is 7.24. The minimum atomic E-state index is -0.440. The van der Waals surface area contributed by atoms with Crippen LogP contribution < -0.4 is 10.2 Å². The lowest BCUT2D eigenvalue weighted by molar-refractivity contribution is -0.119. The molecule has 2 fully saturated rings. The molecule has 6 nitrogen and oxygen atoms in total. The highest BCUT2D eigenvalue weighted by molar-refractivity contribution is 6.22. The van der Waals surface area contributed by atoms with Gasteiger partial charge in [0.1, 0.15) is 6.04 Å². The molecule has 6 heteroatoms. The van der Waals surface area contributed by atoms with E-state index in [1.807, 2.05) is 44.2 Å². The summed E-state index contributed by atoms with van der Waals surface area (Å²) < 4.78 is 0. The summed E-state index contributed by atoms with van der Waals surface area (Å²) in [6.07, 6.45) is 1.42. The van der Waals surface area contributed by atoms with Gasteiger partial charge in [-0.25, -0.2) is 9.69 Å². The summed E-state index contributed by atoms with van der Waals surface area (Å²) in [6, 6.07) is 14.1. The van der Waals surface area contributed by atoms with Crippen molar-refractivity contribution in [2.45, 2.75) is 38.8 Å². The standard InChI is InChI=1S/C22H23N3O3/c1-3-23-20(26)16-10-9-14(2)19(13-16)25-21(27)18-12-11-17(24(18)22(25)28)15-7-5-4-6-8-15/h4-10,13,17-18H,3,11-12H2,1-2H3,(H,23,26)/t17-,18-/m0/s1. The van der Waals surface area contributed by atoms with Crippen molar-refractivity contribution in [1.82, 2.24) is 10.2 Å². The molecular weight excluding hydrogens is 354 g/mol. The van der Waals surface area contributed by atoms with Crippen LogP contribution in [0.3, 0.4) is 0 Å². The van der Waals surface area contributed by atoms with Gasteiger partial charge in [0.25, 0.3) is 11.8 Å². The maximum absolute atomic E-state index is 13.3. The van der Waals surface area contributed by atoms with Crippen LogP contribution in [0.4, 0.5) is 10.5 Å². The Labute approximate surface area is 164 Å². The summed E-state index contributed by atoms with van der Waals surface area (Å²) in [5.41, 5.74) is 2.75. The van der Waals surface area contributed by atoms with E-state index in [2.05, 4.69) is 5.32 Å². The average Bonchev–Trinajstić information content (AvgIpc) is 3.24. The van der Waals surface area contributed by atoms with Crippen LogP contribution in [0.5, 0.6) is 0 Å². The molecule has 0 radical (unpaired) electrons. The molecule has 0 spiro atoms. The summed E-state index contributed by atoms with van der Waals surface area (Å²) in [6.45, 7) is 4.20. The van der Waals surface area contributed by atoms with Crippen LogP contribution in [0.1, 0.15) is 47.3 Å². The molecule has 2 aromatic carbocycles. The molecule has 0 aromatic heterocycles. The van der Waals surface area contributed by atoms with E-state index in [-0.39, 0.29) is 23.9 Å². The van der Waals surface area contributed by atoms with Gasteiger partial charge in [0.05, 0.1) is 11.7 Å². The Morgan fingerprint density at radius 1 is 1.07 bits per heavy atom. The van der Waals surface area contributed by atoms with Crippen LogP contribution >= 0.6 is 0 Å². The highest BCUT2D eigenvalue weighted by Gasteiger charge is 2.52. The zero-order chi connectivity index (χ0) is 19.8. The van der Waals surface area contributed by atoms with Gasteiger partial charge in [0.2, 0.25) is 0 Å². The molecule has 2 aromatic rings. The molecule has 0 bridgehead atoms. The van der Waals surface area contributed by atoms with Crippen molar-refractivity contribution in [2.24, 2.45) is 0 Å². The number of fused-ring (bicyclic) bond motifs is 1. The number of carbonyl (C=O) groups excluding carboxylic acids is 3. The molecule has 0 unspecified atom stereocenters. The fourth-order valence-corrected chi connectivity index (χ4v) is 4.16. The SMILES string of the molecule is CCNC(=O)c1ccc(C)c(N2C(=O)[C@@H]3CC[C@@H](c4ccccc4)N3C2=O)c1. The van der Waals surface area contributed by atoms with Gasteiger partial charge in [0.15, 0.2) is 0 Å². The molecule has 144 valence electrons. The van der Waals surface area contributed by atoms with Crippen molar-refractivity contribution in [3.63, 3.8) is 0 Å². The Morgan fingerprint density at radius 3 is 2.50 bits per heavy atom. The monoisotopic (exact) mass is 377 g/mol. The largest absolute Gasteiger partial charge is 0.352 e. The number of hydrogen-bond donors (Lipinski definition) is 1. The van der Waals surface area contributed by atoms with E-state index in [9.17, 15) is 14.4 Å². The number of rotatable bonds is 4. The number of benzene rings is 2. The number of urea groups is 1. The van der Waals surface area contributed by atoms with E-state index >= 15 is 0 Å². The van der Waals surface area contributed by atoms with E-state index in [1.54, 1.807) is 23.1 Å². The first kappa shape index (κ1) is 18.2. The predicted octanol–water partition coefficient (Wildman–Crippen LogP) is 3.42. The van der Waals surface area contributed by atoms with E-state index in [0.29, 0.717) is 24.2 Å². The third-order valence-electron chi connectivity index (χ3n) is 5.54. The van der Waals surface area contributed by atoms with E-state index in [1.165, 1.54) is 4.90 Å². The first-order valence-corrected chi connectivity index (χ1v) is 9.63. The summed E-state index contributed by atoms with van der Waals surface area (Å²) >= 11 is 0. The van der Waals surface area contributed by atoms with Gasteiger partial charge in [-0.2, -0.15) is 0 Å². The fourth-order valence-electron chi connectivity index (χ4n) is 4.16. The summed E-state index contributed by atoms with van der Waals surface area (Å²) in [7, 11) is 0. The number of hydrogen-bond acceptors (Lipinski definition) is 3. The molecule has 2 heterocycles. The number of carbonyl (C=O) groups is 3. The maximum Gasteiger partial charge on any atom is 0.332 e. The fraction of sp³-hybridized carbons (Fsp3) is 0.318. The first-order valence-electron chi connectivity index (χ1n) is 9.63. The lowest BCUT2D eigenvalue weighted by Crippen LogP contribution is -2.35. The number of imide groups is 1. The molecule has 2 atom stereocenters. The number of nitrogens with zero attached hydrogens (tertiary/aromatic N) is 2. The van der Waals surface area contributed by atoms with Gasteiger partial charge in [-0.3, -0.25) is 9.59 Å². The Bertz CT molecular complexity index is 941. The van der Waals surface area contributed by atoms with Crippen molar-refractivity contribution in [3.8, 4) is 0 Å². The van der Waals surface area contributed by atoms with E-state index in [0.717, 1.165) is 17.5 Å². The molecule has 2 aliphatic heterocycles. The lowest BCUT2D eigenvalue weighted by atomic mass is 10.0. The first-order chi connectivity index (χ1) is 13.5. The molecule has 4 rings (SSSR count). The van der Waals surface area contributed by atoms with Crippen LogP contribution in [0.25, 0.3) is 0 Å². The van der Waals surface area contributed by atoms with E-state index < -0.39 is 6.04 Å². The van der Waals surface area contributed by atoms with Crippen molar-refractivity contribution >= 4 is 23.5 Å². The van der Waals surface area contributed by atoms with Gasteiger partial charge >= 0.3 is 6.03 Å². The van der Waals surface area contributed by atoms with Crippen molar-refractivity contribution < 1.29 is 14.4 Å². The molecule has 1 N–H and O–H groups in total. The minimum absolute atomic E-state index is 0.0977. The number of nitrogens with one attached hydrogen (secondary N) is 1. The molecule has 2 aliphatic rings. The third kappa shape index (κ3) is 2.85. The smallest absolute Gasteiger partial charge is 0.332 e. The van der Waals surface area contributed by atoms with Crippen LogP contribution in [-0.4, -0.2) is 35.3 Å². The second kappa shape index (κ2) is 7.11. The minimum Gasteiger partial charge on any atom is -0.352 e. The van der Waals surface area contributed by atoms with Gasteiger partial charge < -0.3 is 10.2 Å². The Hall–Kier alpha value is -3.15. The van der Waals surface area contributed by atoms with Crippen molar-refractivity contribution in [2.75, 3.05) is 11.4 Å². The zero-order valence-electron chi connectivity index (χ0n) is 16.0. The summed E-state index contributed by atoms with van der Waals surface area (Å²) in [5, 5.41) is 2.75. The molecule has 28 heavy (non-hydrogen) atoms. The highest BCUT2D eigenvalue weighted by Crippen LogP contribution is 2.43. The van der Waals surface area contributed by atoms with Crippen molar-refractivity contribution in [1.29, 1.82) is 0 Å². The average molecular weight is 377 g/mol. The molecule has 4 amide bonds. The number of amides is 4. The van der Waals surface area contributed by atoms with Crippen molar-refractivity contribution in [3.05, 3.63) is 65.2 Å². The van der Waals surface area contributed by atoms with Crippen LogP contribution in [0, 0.1) is 6.92 Å². The normalized spacial score (nSPS) is 21.2. The van der Waals surface area contributed by atoms with Gasteiger partial charge in [-0.05, 0) is 49.9 Å². The van der Waals surface area contributed by atoms with E-state index in [4.69, 9.17) is 0 Å². The van der Waals surface area contributed by atoms with Crippen LogP contribution in [0.15, 0.2) is 48.5 Å². The molecular formula is C22H23N3O3. The Morgan fingerprint density at radius 2 is 1.79 bits per heavy atom. The highest BCUT2D eigenvalue weighted by atomic mass is 16.2. The van der Waals surface area contributed by atoms with Gasteiger partial charge in [-0.15, -0.1) is 0 Å². The second-order valence-electron chi connectivity index (χ2n) is 7.24. The maximum atomic E-state index is 13.3. The lowest BCUT2D eigenvalue weighted by Gasteiger charge is -2.24. The van der Waals surface area contributed by atoms with Crippen LogP contribution in [-0.2, 0) is 4.79 Å². The number of anilines is 1. The van der Waals surface area contributed by atoms with Gasteiger partial charge in [-0.1, -0.05) is 36.4 Å². The quantitative estimate of drug-likeness (QED) is 0.830.